The van der Waals surface area contributed by atoms with Gasteiger partial charge in [0.1, 0.15) is 17.3 Å². The molecule has 0 saturated carbocycles. The zero-order valence-electron chi connectivity index (χ0n) is 19.0. The molecular formula is C27H20FN3O5. The molecule has 0 saturated heterocycles. The van der Waals surface area contributed by atoms with Gasteiger partial charge in [0.15, 0.2) is 0 Å². The van der Waals surface area contributed by atoms with Gasteiger partial charge in [0, 0.05) is 11.3 Å². The molecule has 0 aliphatic heterocycles. The van der Waals surface area contributed by atoms with Crippen molar-refractivity contribution in [2.75, 3.05) is 12.4 Å². The maximum absolute atomic E-state index is 13.0. The number of nitrogens with one attached hydrogen (secondary N) is 2. The second-order valence-corrected chi connectivity index (χ2v) is 7.48. The summed E-state index contributed by atoms with van der Waals surface area (Å²) in [5.41, 5.74) is 3.14. The lowest BCUT2D eigenvalue weighted by Crippen LogP contribution is -2.32. The van der Waals surface area contributed by atoms with Crippen LogP contribution in [0.3, 0.4) is 0 Å². The van der Waals surface area contributed by atoms with Crippen molar-refractivity contribution >= 4 is 40.5 Å². The third kappa shape index (κ3) is 5.71. The Morgan fingerprint density at radius 1 is 0.861 bits per heavy atom. The molecule has 4 aromatic rings. The van der Waals surface area contributed by atoms with Crippen molar-refractivity contribution in [1.29, 1.82) is 0 Å². The van der Waals surface area contributed by atoms with Crippen LogP contribution in [0.2, 0.25) is 0 Å². The van der Waals surface area contributed by atoms with Gasteiger partial charge in [-0.3, -0.25) is 9.59 Å². The highest BCUT2D eigenvalue weighted by atomic mass is 19.1. The number of nitrogens with zero attached hydrogens (tertiary/aromatic N) is 1. The van der Waals surface area contributed by atoms with Gasteiger partial charge >= 0.3 is 17.8 Å². The molecule has 2 N–H and O–H groups in total. The number of anilines is 1. The van der Waals surface area contributed by atoms with Crippen LogP contribution in [-0.4, -0.2) is 31.1 Å². The summed E-state index contributed by atoms with van der Waals surface area (Å²) < 4.78 is 23.7. The highest BCUT2D eigenvalue weighted by Crippen LogP contribution is 2.27. The molecule has 0 aliphatic carbocycles. The third-order valence-electron chi connectivity index (χ3n) is 5.13. The first kappa shape index (κ1) is 24.1. The van der Waals surface area contributed by atoms with Gasteiger partial charge in [-0.15, -0.1) is 0 Å². The molecule has 0 fully saturated rings. The van der Waals surface area contributed by atoms with Crippen molar-refractivity contribution in [3.63, 3.8) is 0 Å². The number of hydrazone groups is 1. The second kappa shape index (κ2) is 10.9. The Kier molecular flexibility index (Phi) is 7.30. The Labute approximate surface area is 205 Å². The normalized spacial score (nSPS) is 10.7. The Hall–Kier alpha value is -5.05. The Balaban J connectivity index is 1.52. The molecule has 0 unspecified atom stereocenters. The lowest BCUT2D eigenvalue weighted by Gasteiger charge is -2.11. The molecule has 4 aromatic carbocycles. The van der Waals surface area contributed by atoms with Crippen LogP contribution in [0, 0.1) is 5.82 Å². The van der Waals surface area contributed by atoms with E-state index in [1.54, 1.807) is 36.4 Å². The minimum Gasteiger partial charge on any atom is -0.497 e. The Morgan fingerprint density at radius 3 is 2.31 bits per heavy atom. The van der Waals surface area contributed by atoms with Gasteiger partial charge in [0.25, 0.3) is 0 Å². The van der Waals surface area contributed by atoms with E-state index in [4.69, 9.17) is 9.47 Å². The van der Waals surface area contributed by atoms with Gasteiger partial charge in [0.2, 0.25) is 0 Å². The second-order valence-electron chi connectivity index (χ2n) is 7.48. The van der Waals surface area contributed by atoms with E-state index in [1.165, 1.54) is 25.5 Å². The van der Waals surface area contributed by atoms with E-state index in [2.05, 4.69) is 15.8 Å². The predicted octanol–water partition coefficient (Wildman–Crippen LogP) is 4.30. The summed E-state index contributed by atoms with van der Waals surface area (Å²) in [6, 6.07) is 22.2. The molecular weight excluding hydrogens is 465 g/mol. The molecule has 9 heteroatoms. The summed E-state index contributed by atoms with van der Waals surface area (Å²) in [6.07, 6.45) is 1.29. The van der Waals surface area contributed by atoms with Gasteiger partial charge in [-0.05, 0) is 65.4 Å². The van der Waals surface area contributed by atoms with E-state index >= 15 is 0 Å². The highest BCUT2D eigenvalue weighted by molar-refractivity contribution is 6.39. The number of rotatable bonds is 6. The number of amides is 2. The number of carbonyl (C=O) groups is 3. The van der Waals surface area contributed by atoms with Gasteiger partial charge in [-0.2, -0.15) is 5.10 Å². The number of methoxy groups -OCH3 is 1. The summed E-state index contributed by atoms with van der Waals surface area (Å²) in [5.74, 6) is -2.27. The van der Waals surface area contributed by atoms with Gasteiger partial charge in [0.05, 0.1) is 18.9 Å². The van der Waals surface area contributed by atoms with Crippen LogP contribution in [0.25, 0.3) is 10.8 Å². The lowest BCUT2D eigenvalue weighted by atomic mass is 10.0. The Morgan fingerprint density at radius 2 is 1.58 bits per heavy atom. The summed E-state index contributed by atoms with van der Waals surface area (Å²) in [4.78, 5) is 37.0. The fourth-order valence-electron chi connectivity index (χ4n) is 3.31. The monoisotopic (exact) mass is 485 g/mol. The topological polar surface area (TPSA) is 106 Å². The van der Waals surface area contributed by atoms with Crippen LogP contribution in [0.5, 0.6) is 11.5 Å². The molecule has 0 aliphatic rings. The number of halogens is 1. The summed E-state index contributed by atoms with van der Waals surface area (Å²) in [6.45, 7) is 0. The summed E-state index contributed by atoms with van der Waals surface area (Å²) >= 11 is 0. The van der Waals surface area contributed by atoms with Gasteiger partial charge in [-0.1, -0.05) is 30.3 Å². The average molecular weight is 485 g/mol. The number of ether oxygens (including phenoxy) is 2. The van der Waals surface area contributed by atoms with E-state index < -0.39 is 23.6 Å². The number of hydrogen-bond acceptors (Lipinski definition) is 6. The van der Waals surface area contributed by atoms with Crippen molar-refractivity contribution < 1.29 is 28.2 Å². The van der Waals surface area contributed by atoms with E-state index in [1.807, 2.05) is 24.3 Å². The highest BCUT2D eigenvalue weighted by Gasteiger charge is 2.15. The Bertz CT molecular complexity index is 1450. The molecule has 0 heterocycles. The maximum atomic E-state index is 13.0. The van der Waals surface area contributed by atoms with Gasteiger partial charge < -0.3 is 14.8 Å². The SMILES string of the molecule is COc1ccc(C(=O)Oc2ccc3ccccc3c2/C=N\NC(=O)C(=O)Nc2ccc(F)cc2)cc1. The first-order chi connectivity index (χ1) is 17.4. The first-order valence-electron chi connectivity index (χ1n) is 10.7. The van der Waals surface area contributed by atoms with Crippen molar-refractivity contribution in [1.82, 2.24) is 5.43 Å². The number of benzene rings is 4. The first-order valence-corrected chi connectivity index (χ1v) is 10.7. The molecule has 0 aromatic heterocycles. The van der Waals surface area contributed by atoms with Crippen LogP contribution < -0.4 is 20.2 Å². The zero-order chi connectivity index (χ0) is 25.5. The van der Waals surface area contributed by atoms with Crippen molar-refractivity contribution in [2.24, 2.45) is 5.10 Å². The number of carbonyl (C=O) groups excluding carboxylic acids is 3. The van der Waals surface area contributed by atoms with Crippen LogP contribution in [0.4, 0.5) is 10.1 Å². The quantitative estimate of drug-likeness (QED) is 0.139. The van der Waals surface area contributed by atoms with Crippen LogP contribution >= 0.6 is 0 Å². The molecule has 36 heavy (non-hydrogen) atoms. The molecule has 0 bridgehead atoms. The molecule has 0 atom stereocenters. The molecule has 0 spiro atoms. The van der Waals surface area contributed by atoms with E-state index in [0.29, 0.717) is 22.3 Å². The van der Waals surface area contributed by atoms with Gasteiger partial charge in [-0.25, -0.2) is 14.6 Å². The fraction of sp³-hybridized carbons (Fsp3) is 0.0370. The lowest BCUT2D eigenvalue weighted by molar-refractivity contribution is -0.136. The smallest absolute Gasteiger partial charge is 0.343 e. The number of fused-ring (bicyclic) bond motifs is 1. The number of hydrogen-bond donors (Lipinski definition) is 2. The van der Waals surface area contributed by atoms with Crippen LogP contribution in [0.1, 0.15) is 15.9 Å². The van der Waals surface area contributed by atoms with Crippen molar-refractivity contribution in [3.8, 4) is 11.5 Å². The van der Waals surface area contributed by atoms with Crippen molar-refractivity contribution in [3.05, 3.63) is 102 Å². The molecule has 180 valence electrons. The van der Waals surface area contributed by atoms with Crippen LogP contribution in [0.15, 0.2) is 90.0 Å². The molecule has 2 amide bonds. The van der Waals surface area contributed by atoms with E-state index in [9.17, 15) is 18.8 Å². The number of esters is 1. The molecule has 8 nitrogen and oxygen atoms in total. The van der Waals surface area contributed by atoms with Crippen molar-refractivity contribution in [2.45, 2.75) is 0 Å². The molecule has 4 rings (SSSR count). The largest absolute Gasteiger partial charge is 0.497 e. The minimum absolute atomic E-state index is 0.211. The average Bonchev–Trinajstić information content (AvgIpc) is 2.90. The van der Waals surface area contributed by atoms with E-state index in [-0.39, 0.29) is 11.4 Å². The standard InChI is InChI=1S/C27H20FN3O5/c1-35-21-13-6-18(7-14-21)27(34)36-24-15-8-17-4-2-3-5-22(17)23(24)16-29-31-26(33)25(32)30-20-11-9-19(28)10-12-20/h2-16H,1H3,(H,30,32)(H,31,33)/b29-16-. The van der Waals surface area contributed by atoms with E-state index in [0.717, 1.165) is 17.5 Å². The van der Waals surface area contributed by atoms with Crippen LogP contribution in [-0.2, 0) is 9.59 Å². The fourth-order valence-corrected chi connectivity index (χ4v) is 3.31. The molecule has 0 radical (unpaired) electrons. The minimum atomic E-state index is -1.03. The predicted molar refractivity (Wildman–Crippen MR) is 133 cm³/mol. The third-order valence-corrected chi connectivity index (χ3v) is 5.13. The summed E-state index contributed by atoms with van der Waals surface area (Å²) in [5, 5.41) is 7.78. The zero-order valence-corrected chi connectivity index (χ0v) is 19.0. The summed E-state index contributed by atoms with van der Waals surface area (Å²) in [7, 11) is 1.53. The maximum Gasteiger partial charge on any atom is 0.343 e.